The van der Waals surface area contributed by atoms with Crippen LogP contribution in [0, 0.1) is 13.8 Å². The van der Waals surface area contributed by atoms with Gasteiger partial charge in [0.05, 0.1) is 18.6 Å². The maximum atomic E-state index is 12.4. The van der Waals surface area contributed by atoms with E-state index in [-0.39, 0.29) is 17.3 Å². The van der Waals surface area contributed by atoms with E-state index in [4.69, 9.17) is 4.74 Å². The number of methoxy groups -OCH3 is 1. The van der Waals surface area contributed by atoms with E-state index in [9.17, 15) is 13.2 Å². The Hall–Kier alpha value is -2.58. The summed E-state index contributed by atoms with van der Waals surface area (Å²) < 4.78 is 31.1. The normalized spacial score (nSPS) is 11.4. The molecule has 2 N–H and O–H groups in total. The van der Waals surface area contributed by atoms with Gasteiger partial charge < -0.3 is 15.4 Å². The molecule has 29 heavy (non-hydrogen) atoms. The van der Waals surface area contributed by atoms with Crippen molar-refractivity contribution in [2.75, 3.05) is 39.6 Å². The number of nitrogens with one attached hydrogen (secondary N) is 2. The van der Waals surface area contributed by atoms with Crippen LogP contribution in [0.3, 0.4) is 0 Å². The van der Waals surface area contributed by atoms with Crippen molar-refractivity contribution < 1.29 is 17.9 Å². The highest BCUT2D eigenvalue weighted by Gasteiger charge is 2.19. The minimum Gasteiger partial charge on any atom is -0.497 e. The SMILES string of the molecule is COc1ccc(CCNC(=O)CNc2cc(S(=O)(=O)N(C)C)cc(C)c2C)cc1. The molecule has 0 saturated heterocycles. The van der Waals surface area contributed by atoms with E-state index in [1.807, 2.05) is 38.1 Å². The first-order chi connectivity index (χ1) is 13.6. The average Bonchev–Trinajstić information content (AvgIpc) is 2.69. The van der Waals surface area contributed by atoms with Gasteiger partial charge in [0, 0.05) is 26.3 Å². The van der Waals surface area contributed by atoms with Gasteiger partial charge in [-0.15, -0.1) is 0 Å². The molecule has 2 aromatic carbocycles. The Bertz CT molecular complexity index is 955. The number of ether oxygens (including phenoxy) is 1. The first-order valence-electron chi connectivity index (χ1n) is 9.32. The summed E-state index contributed by atoms with van der Waals surface area (Å²) in [6.07, 6.45) is 0.713. The molecule has 0 heterocycles. The van der Waals surface area contributed by atoms with Crippen LogP contribution in [-0.4, -0.2) is 52.9 Å². The van der Waals surface area contributed by atoms with Crippen LogP contribution in [0.15, 0.2) is 41.3 Å². The molecule has 0 saturated carbocycles. The van der Waals surface area contributed by atoms with Crippen molar-refractivity contribution in [3.05, 3.63) is 53.1 Å². The molecular formula is C21H29N3O4S. The Morgan fingerprint density at radius 1 is 1.10 bits per heavy atom. The number of anilines is 1. The van der Waals surface area contributed by atoms with E-state index in [2.05, 4.69) is 10.6 Å². The van der Waals surface area contributed by atoms with Crippen LogP contribution in [0.1, 0.15) is 16.7 Å². The number of nitrogens with zero attached hydrogens (tertiary/aromatic N) is 1. The first kappa shape index (κ1) is 22.7. The van der Waals surface area contributed by atoms with Crippen LogP contribution >= 0.6 is 0 Å². The van der Waals surface area contributed by atoms with Gasteiger partial charge in [-0.05, 0) is 61.2 Å². The largest absolute Gasteiger partial charge is 0.497 e. The fourth-order valence-corrected chi connectivity index (χ4v) is 3.76. The zero-order valence-corrected chi connectivity index (χ0v) is 18.4. The summed E-state index contributed by atoms with van der Waals surface area (Å²) in [5, 5.41) is 5.93. The number of rotatable bonds is 9. The summed E-state index contributed by atoms with van der Waals surface area (Å²) >= 11 is 0. The predicted octanol–water partition coefficient (Wildman–Crippen LogP) is 2.33. The average molecular weight is 420 g/mol. The van der Waals surface area contributed by atoms with E-state index >= 15 is 0 Å². The van der Waals surface area contributed by atoms with E-state index in [0.717, 1.165) is 22.4 Å². The van der Waals surface area contributed by atoms with Crippen molar-refractivity contribution in [3.8, 4) is 5.75 Å². The van der Waals surface area contributed by atoms with Gasteiger partial charge in [0.1, 0.15) is 5.75 Å². The Kier molecular flexibility index (Phi) is 7.64. The number of hydrogen-bond acceptors (Lipinski definition) is 5. The van der Waals surface area contributed by atoms with Crippen molar-refractivity contribution in [2.45, 2.75) is 25.2 Å². The second-order valence-electron chi connectivity index (χ2n) is 7.00. The Labute approximate surface area is 173 Å². The molecular weight excluding hydrogens is 390 g/mol. The molecule has 0 aromatic heterocycles. The maximum absolute atomic E-state index is 12.4. The Morgan fingerprint density at radius 3 is 2.34 bits per heavy atom. The zero-order valence-electron chi connectivity index (χ0n) is 17.6. The highest BCUT2D eigenvalue weighted by atomic mass is 32.2. The summed E-state index contributed by atoms with van der Waals surface area (Å²) in [5.41, 5.74) is 3.49. The standard InChI is InChI=1S/C21H29N3O4S/c1-15-12-19(29(26,27)24(3)4)13-20(16(15)2)23-14-21(25)22-11-10-17-6-8-18(28-5)9-7-17/h6-9,12-13,23H,10-11,14H2,1-5H3,(H,22,25). The molecule has 0 bridgehead atoms. The number of amides is 1. The summed E-state index contributed by atoms with van der Waals surface area (Å²) in [5.74, 6) is 0.641. The van der Waals surface area contributed by atoms with Crippen LogP contribution in [0.25, 0.3) is 0 Å². The molecule has 0 aliphatic heterocycles. The van der Waals surface area contributed by atoms with Gasteiger partial charge in [-0.25, -0.2) is 12.7 Å². The lowest BCUT2D eigenvalue weighted by Gasteiger charge is -2.17. The first-order valence-corrected chi connectivity index (χ1v) is 10.8. The highest BCUT2D eigenvalue weighted by molar-refractivity contribution is 7.89. The van der Waals surface area contributed by atoms with Crippen LogP contribution in [0.4, 0.5) is 5.69 Å². The summed E-state index contributed by atoms with van der Waals surface area (Å²) in [4.78, 5) is 12.4. The Morgan fingerprint density at radius 2 is 1.76 bits per heavy atom. The fourth-order valence-electron chi connectivity index (χ4n) is 2.75. The van der Waals surface area contributed by atoms with Crippen LogP contribution in [0.2, 0.25) is 0 Å². The molecule has 0 spiro atoms. The van der Waals surface area contributed by atoms with Crippen LogP contribution in [0.5, 0.6) is 5.75 Å². The van der Waals surface area contributed by atoms with Crippen LogP contribution in [-0.2, 0) is 21.2 Å². The van der Waals surface area contributed by atoms with Crippen molar-refractivity contribution >= 4 is 21.6 Å². The zero-order chi connectivity index (χ0) is 21.6. The van der Waals surface area contributed by atoms with Crippen molar-refractivity contribution in [1.29, 1.82) is 0 Å². The molecule has 0 aliphatic rings. The van der Waals surface area contributed by atoms with Crippen molar-refractivity contribution in [1.82, 2.24) is 9.62 Å². The van der Waals surface area contributed by atoms with Gasteiger partial charge in [0.2, 0.25) is 15.9 Å². The van der Waals surface area contributed by atoms with Gasteiger partial charge in [0.15, 0.2) is 0 Å². The van der Waals surface area contributed by atoms with Gasteiger partial charge in [0.25, 0.3) is 0 Å². The Balaban J connectivity index is 1.94. The smallest absolute Gasteiger partial charge is 0.242 e. The van der Waals surface area contributed by atoms with Crippen molar-refractivity contribution in [2.24, 2.45) is 0 Å². The summed E-state index contributed by atoms with van der Waals surface area (Å²) in [6.45, 7) is 4.32. The van der Waals surface area contributed by atoms with Gasteiger partial charge in [-0.3, -0.25) is 4.79 Å². The molecule has 2 aromatic rings. The minimum atomic E-state index is -3.54. The van der Waals surface area contributed by atoms with Crippen LogP contribution < -0.4 is 15.4 Å². The molecule has 0 radical (unpaired) electrons. The van der Waals surface area contributed by atoms with E-state index in [0.29, 0.717) is 18.7 Å². The molecule has 8 heteroatoms. The third kappa shape index (κ3) is 5.95. The fraction of sp³-hybridized carbons (Fsp3) is 0.381. The molecule has 0 fully saturated rings. The lowest BCUT2D eigenvalue weighted by Crippen LogP contribution is -2.31. The van der Waals surface area contributed by atoms with Crippen molar-refractivity contribution in [3.63, 3.8) is 0 Å². The van der Waals surface area contributed by atoms with E-state index < -0.39 is 10.0 Å². The topological polar surface area (TPSA) is 87.7 Å². The van der Waals surface area contributed by atoms with Gasteiger partial charge in [-0.1, -0.05) is 12.1 Å². The number of sulfonamides is 1. The molecule has 7 nitrogen and oxygen atoms in total. The molecule has 158 valence electrons. The maximum Gasteiger partial charge on any atom is 0.242 e. The lowest BCUT2D eigenvalue weighted by atomic mass is 10.1. The lowest BCUT2D eigenvalue weighted by molar-refractivity contribution is -0.119. The number of benzene rings is 2. The molecule has 0 unspecified atom stereocenters. The summed E-state index contributed by atoms with van der Waals surface area (Å²) in [7, 11) is 1.07. The highest BCUT2D eigenvalue weighted by Crippen LogP contribution is 2.25. The predicted molar refractivity (Wildman–Crippen MR) is 115 cm³/mol. The van der Waals surface area contributed by atoms with E-state index in [1.54, 1.807) is 19.2 Å². The second kappa shape index (κ2) is 9.76. The number of carbonyl (C=O) groups excluding carboxylic acids is 1. The molecule has 2 rings (SSSR count). The molecule has 0 aliphatic carbocycles. The number of hydrogen-bond donors (Lipinski definition) is 2. The summed E-state index contributed by atoms with van der Waals surface area (Å²) in [6, 6.07) is 10.9. The molecule has 0 atom stereocenters. The van der Waals surface area contributed by atoms with E-state index in [1.165, 1.54) is 18.4 Å². The third-order valence-electron chi connectivity index (χ3n) is 4.75. The van der Waals surface area contributed by atoms with Gasteiger partial charge >= 0.3 is 0 Å². The molecule has 1 amide bonds. The third-order valence-corrected chi connectivity index (χ3v) is 6.55. The van der Waals surface area contributed by atoms with Gasteiger partial charge in [-0.2, -0.15) is 0 Å². The quantitative estimate of drug-likeness (QED) is 0.651. The number of carbonyl (C=O) groups is 1. The number of aryl methyl sites for hydroxylation is 1. The monoisotopic (exact) mass is 419 g/mol. The minimum absolute atomic E-state index is 0.0638. The second-order valence-corrected chi connectivity index (χ2v) is 9.15.